The Kier molecular flexibility index (Phi) is 9.36. The van der Waals surface area contributed by atoms with Crippen LogP contribution >= 0.6 is 11.3 Å². The van der Waals surface area contributed by atoms with Crippen molar-refractivity contribution in [3.63, 3.8) is 0 Å². The molecule has 0 saturated carbocycles. The van der Waals surface area contributed by atoms with Gasteiger partial charge >= 0.3 is 12.0 Å². The number of hydrogen-bond donors (Lipinski definition) is 4. The molecule has 0 spiro atoms. The fourth-order valence-corrected chi connectivity index (χ4v) is 4.95. The second-order valence-corrected chi connectivity index (χ2v) is 11.3. The molecular weight excluding hydrogens is 518 g/mol. The highest BCUT2D eigenvalue weighted by atomic mass is 32.1. The number of methoxy groups -OCH3 is 1. The number of rotatable bonds is 9. The van der Waals surface area contributed by atoms with Crippen LogP contribution in [-0.4, -0.2) is 48.4 Å². The number of aryl methyl sites for hydroxylation is 3. The molecule has 2 aromatic carbocycles. The van der Waals surface area contributed by atoms with Gasteiger partial charge in [-0.2, -0.15) is 0 Å². The second-order valence-electron chi connectivity index (χ2n) is 10.2. The molecule has 1 aromatic heterocycles. The summed E-state index contributed by atoms with van der Waals surface area (Å²) in [5.74, 6) is -1.18. The Labute approximate surface area is 232 Å². The summed E-state index contributed by atoms with van der Waals surface area (Å²) in [5.41, 5.74) is 4.06. The maximum Gasteiger partial charge on any atom is 0.328 e. The molecule has 0 unspecified atom stereocenters. The number of urea groups is 1. The highest BCUT2D eigenvalue weighted by Crippen LogP contribution is 2.36. The normalized spacial score (nSPS) is 12.0. The number of amides is 3. The Balaban J connectivity index is 1.91. The van der Waals surface area contributed by atoms with Gasteiger partial charge in [0.25, 0.3) is 5.91 Å². The third-order valence-electron chi connectivity index (χ3n) is 5.76. The van der Waals surface area contributed by atoms with E-state index in [1.165, 1.54) is 0 Å². The van der Waals surface area contributed by atoms with E-state index in [-0.39, 0.29) is 17.2 Å². The molecule has 9 nitrogen and oxygen atoms in total. The van der Waals surface area contributed by atoms with Gasteiger partial charge in [0.05, 0.1) is 25.0 Å². The van der Waals surface area contributed by atoms with Crippen LogP contribution < -0.4 is 20.7 Å². The van der Waals surface area contributed by atoms with Gasteiger partial charge in [-0.1, -0.05) is 17.7 Å². The summed E-state index contributed by atoms with van der Waals surface area (Å²) < 4.78 is 10.8. The van der Waals surface area contributed by atoms with Crippen molar-refractivity contribution in [3.8, 4) is 16.2 Å². The lowest BCUT2D eigenvalue weighted by Crippen LogP contribution is -2.45. The van der Waals surface area contributed by atoms with Crippen LogP contribution in [0.25, 0.3) is 10.4 Å². The first-order chi connectivity index (χ1) is 18.3. The van der Waals surface area contributed by atoms with Crippen molar-refractivity contribution in [3.05, 3.63) is 64.0 Å². The van der Waals surface area contributed by atoms with Crippen molar-refractivity contribution in [2.75, 3.05) is 24.4 Å². The van der Waals surface area contributed by atoms with Gasteiger partial charge in [-0.25, -0.2) is 9.59 Å². The molecule has 1 atom stereocenters. The summed E-state index contributed by atoms with van der Waals surface area (Å²) in [7, 11) is 1.57. The van der Waals surface area contributed by atoms with Crippen molar-refractivity contribution in [2.45, 2.75) is 53.2 Å². The van der Waals surface area contributed by atoms with Crippen LogP contribution in [0.1, 0.15) is 47.1 Å². The summed E-state index contributed by atoms with van der Waals surface area (Å²) in [6, 6.07) is 11.1. The number of carboxylic acids is 1. The van der Waals surface area contributed by atoms with Crippen molar-refractivity contribution in [1.82, 2.24) is 5.32 Å². The third-order valence-corrected chi connectivity index (χ3v) is 6.95. The monoisotopic (exact) mass is 553 g/mol. The summed E-state index contributed by atoms with van der Waals surface area (Å²) in [4.78, 5) is 39.1. The zero-order chi connectivity index (χ0) is 28.9. The maximum atomic E-state index is 13.3. The van der Waals surface area contributed by atoms with E-state index in [0.717, 1.165) is 33.6 Å². The summed E-state index contributed by atoms with van der Waals surface area (Å²) in [6.07, 6.45) is 0. The fraction of sp³-hybridized carbons (Fsp3) is 0.345. The van der Waals surface area contributed by atoms with Crippen LogP contribution in [0.4, 0.5) is 16.2 Å². The van der Waals surface area contributed by atoms with Gasteiger partial charge in [0.2, 0.25) is 0 Å². The summed E-state index contributed by atoms with van der Waals surface area (Å²) in [6.45, 7) is 11.0. The van der Waals surface area contributed by atoms with Crippen LogP contribution in [0.15, 0.2) is 42.5 Å². The zero-order valence-corrected chi connectivity index (χ0v) is 24.0. The minimum Gasteiger partial charge on any atom is -0.497 e. The molecule has 0 radical (unpaired) electrons. The lowest BCUT2D eigenvalue weighted by Gasteiger charge is -2.23. The lowest BCUT2D eigenvalue weighted by atomic mass is 10.1. The van der Waals surface area contributed by atoms with Gasteiger partial charge in [0.15, 0.2) is 6.04 Å². The van der Waals surface area contributed by atoms with Crippen LogP contribution in [0.3, 0.4) is 0 Å². The quantitative estimate of drug-likeness (QED) is 0.258. The highest BCUT2D eigenvalue weighted by Gasteiger charge is 2.27. The molecule has 208 valence electrons. The van der Waals surface area contributed by atoms with Crippen molar-refractivity contribution >= 4 is 40.6 Å². The van der Waals surface area contributed by atoms with Crippen molar-refractivity contribution in [2.24, 2.45) is 0 Å². The van der Waals surface area contributed by atoms with E-state index >= 15 is 0 Å². The Morgan fingerprint density at radius 1 is 0.974 bits per heavy atom. The van der Waals surface area contributed by atoms with E-state index in [2.05, 4.69) is 16.0 Å². The molecule has 4 N–H and O–H groups in total. The molecule has 0 fully saturated rings. The smallest absolute Gasteiger partial charge is 0.328 e. The van der Waals surface area contributed by atoms with Gasteiger partial charge in [-0.15, -0.1) is 11.3 Å². The molecule has 0 aliphatic carbocycles. The number of nitrogens with one attached hydrogen (secondary N) is 3. The van der Waals surface area contributed by atoms with Gasteiger partial charge in [0, 0.05) is 10.6 Å². The van der Waals surface area contributed by atoms with E-state index in [4.69, 9.17) is 9.47 Å². The first-order valence-electron chi connectivity index (χ1n) is 12.4. The minimum atomic E-state index is -1.28. The van der Waals surface area contributed by atoms with E-state index in [1.54, 1.807) is 46.1 Å². The largest absolute Gasteiger partial charge is 0.497 e. The van der Waals surface area contributed by atoms with E-state index in [0.29, 0.717) is 16.3 Å². The predicted molar refractivity (Wildman–Crippen MR) is 154 cm³/mol. The highest BCUT2D eigenvalue weighted by molar-refractivity contribution is 7.18. The molecule has 10 heteroatoms. The second kappa shape index (κ2) is 12.3. The van der Waals surface area contributed by atoms with E-state index in [1.807, 2.05) is 45.0 Å². The minimum absolute atomic E-state index is 0.162. The summed E-state index contributed by atoms with van der Waals surface area (Å²) >= 11 is 1.14. The molecule has 3 amide bonds. The lowest BCUT2D eigenvalue weighted by molar-refractivity contribution is -0.142. The standard InChI is InChI=1S/C29H35N3O6S/c1-16-12-17(2)24(18(3)13-16)32-28(36)31-21-14-23(19-8-10-20(37-7)11-9-19)39-25(21)26(33)30-22(27(34)35)15-38-29(4,5)6/h8-14,22H,15H2,1-7H3,(H,30,33)(H,34,35)(H2,31,32,36)/t22-/m0/s1. The zero-order valence-electron chi connectivity index (χ0n) is 23.2. The van der Waals surface area contributed by atoms with Crippen molar-refractivity contribution in [1.29, 1.82) is 0 Å². The fourth-order valence-electron chi connectivity index (χ4n) is 3.93. The van der Waals surface area contributed by atoms with E-state index in [9.17, 15) is 19.5 Å². The first-order valence-corrected chi connectivity index (χ1v) is 13.2. The maximum absolute atomic E-state index is 13.3. The molecule has 0 aliphatic rings. The molecule has 39 heavy (non-hydrogen) atoms. The van der Waals surface area contributed by atoms with E-state index < -0.39 is 29.6 Å². The Bertz CT molecular complexity index is 1340. The molecule has 0 bridgehead atoms. The Morgan fingerprint density at radius 2 is 1.59 bits per heavy atom. The number of carbonyl (C=O) groups is 3. The van der Waals surface area contributed by atoms with Gasteiger partial charge in [-0.05, 0) is 88.6 Å². The van der Waals surface area contributed by atoms with Crippen molar-refractivity contribution < 1.29 is 29.0 Å². The molecular formula is C29H35N3O6S. The molecule has 3 aromatic rings. The van der Waals surface area contributed by atoms with Crippen LogP contribution in [0, 0.1) is 20.8 Å². The number of ether oxygens (including phenoxy) is 2. The van der Waals surface area contributed by atoms with Crippen LogP contribution in [0.2, 0.25) is 0 Å². The molecule has 3 rings (SSSR count). The van der Waals surface area contributed by atoms with Crippen LogP contribution in [-0.2, 0) is 9.53 Å². The predicted octanol–water partition coefficient (Wildman–Crippen LogP) is 5.99. The summed E-state index contributed by atoms with van der Waals surface area (Å²) in [5, 5.41) is 17.8. The Hall–Kier alpha value is -3.89. The molecule has 1 heterocycles. The van der Waals surface area contributed by atoms with Crippen LogP contribution in [0.5, 0.6) is 5.75 Å². The number of carboxylic acid groups (broad SMARTS) is 1. The topological polar surface area (TPSA) is 126 Å². The number of carbonyl (C=O) groups excluding carboxylic acids is 2. The average Bonchev–Trinajstić information content (AvgIpc) is 3.26. The SMILES string of the molecule is COc1ccc(-c2cc(NC(=O)Nc3c(C)cc(C)cc3C)c(C(=O)N[C@@H](COC(C)(C)C)C(=O)O)s2)cc1. The first kappa shape index (κ1) is 29.7. The number of thiophene rings is 1. The number of anilines is 2. The average molecular weight is 554 g/mol. The van der Waals surface area contributed by atoms with Gasteiger partial charge in [-0.3, -0.25) is 4.79 Å². The third kappa shape index (κ3) is 8.05. The molecule has 0 saturated heterocycles. The van der Waals surface area contributed by atoms with Gasteiger partial charge < -0.3 is 30.5 Å². The number of hydrogen-bond acceptors (Lipinski definition) is 6. The van der Waals surface area contributed by atoms with Gasteiger partial charge in [0.1, 0.15) is 10.6 Å². The number of aliphatic carboxylic acids is 1. The Morgan fingerprint density at radius 3 is 2.13 bits per heavy atom. The molecule has 0 aliphatic heterocycles. The number of benzene rings is 2.